The van der Waals surface area contributed by atoms with Crippen molar-refractivity contribution in [3.05, 3.63) is 85.1 Å². The quantitative estimate of drug-likeness (QED) is 0.0245. The molecule has 0 saturated heterocycles. The summed E-state index contributed by atoms with van der Waals surface area (Å²) < 4.78 is 5.89. The van der Waals surface area contributed by atoms with Gasteiger partial charge in [0.05, 0.1) is 25.2 Å². The Balaban J connectivity index is 4.66. The number of rotatable bonds is 45. The fraction of sp³-hybridized carbons (Fsp3) is 0.714. The summed E-state index contributed by atoms with van der Waals surface area (Å²) in [4.78, 5) is 26.1. The first-order chi connectivity index (χ1) is 30.5. The van der Waals surface area contributed by atoms with Crippen LogP contribution in [-0.4, -0.2) is 46.9 Å². The zero-order valence-corrected chi connectivity index (χ0v) is 40.5. The lowest BCUT2D eigenvalue weighted by Crippen LogP contribution is -2.46. The lowest BCUT2D eigenvalue weighted by molar-refractivity contribution is -0.151. The zero-order valence-electron chi connectivity index (χ0n) is 40.5. The number of ether oxygens (including phenoxy) is 1. The fourth-order valence-electron chi connectivity index (χ4n) is 7.46. The monoisotopic (exact) mass is 864 g/mol. The Labute approximate surface area is 383 Å². The van der Waals surface area contributed by atoms with E-state index in [4.69, 9.17) is 4.74 Å². The highest BCUT2D eigenvalue weighted by atomic mass is 16.5. The van der Waals surface area contributed by atoms with E-state index in [1.807, 2.05) is 60.8 Å². The molecule has 3 atom stereocenters. The molecule has 0 aromatic rings. The van der Waals surface area contributed by atoms with Crippen molar-refractivity contribution in [1.82, 2.24) is 5.32 Å². The van der Waals surface area contributed by atoms with Gasteiger partial charge in [0.25, 0.3) is 0 Å². The van der Waals surface area contributed by atoms with E-state index in [1.165, 1.54) is 128 Å². The van der Waals surface area contributed by atoms with E-state index in [9.17, 15) is 19.8 Å². The van der Waals surface area contributed by atoms with Crippen LogP contribution in [0.4, 0.5) is 0 Å². The molecule has 0 spiro atoms. The highest BCUT2D eigenvalue weighted by molar-refractivity contribution is 5.77. The minimum atomic E-state index is -0.810. The van der Waals surface area contributed by atoms with Crippen molar-refractivity contribution in [1.29, 1.82) is 0 Å². The normalized spacial score (nSPS) is 14.0. The van der Waals surface area contributed by atoms with E-state index in [-0.39, 0.29) is 24.9 Å². The highest BCUT2D eigenvalue weighted by Gasteiger charge is 2.24. The molecule has 0 saturated carbocycles. The summed E-state index contributed by atoms with van der Waals surface area (Å²) in [5.74, 6) is -0.555. The molecule has 62 heavy (non-hydrogen) atoms. The van der Waals surface area contributed by atoms with Crippen LogP contribution in [0.5, 0.6) is 0 Å². The van der Waals surface area contributed by atoms with Crippen LogP contribution >= 0.6 is 0 Å². The molecule has 0 bridgehead atoms. The first-order valence-electron chi connectivity index (χ1n) is 25.9. The second-order valence-electron chi connectivity index (χ2n) is 17.3. The number of hydrogen-bond acceptors (Lipinski definition) is 5. The number of allylic oxidation sites excluding steroid dienone is 14. The van der Waals surface area contributed by atoms with E-state index < -0.39 is 18.2 Å². The van der Waals surface area contributed by atoms with Gasteiger partial charge in [0.2, 0.25) is 5.91 Å². The maximum Gasteiger partial charge on any atom is 0.306 e. The molecule has 0 radical (unpaired) electrons. The molecule has 6 nitrogen and oxygen atoms in total. The van der Waals surface area contributed by atoms with E-state index in [1.54, 1.807) is 0 Å². The van der Waals surface area contributed by atoms with Gasteiger partial charge in [-0.3, -0.25) is 9.59 Å². The zero-order chi connectivity index (χ0) is 45.2. The summed E-state index contributed by atoms with van der Waals surface area (Å²) >= 11 is 0. The molecule has 0 aliphatic rings. The molecule has 6 heteroatoms. The molecule has 3 unspecified atom stereocenters. The van der Waals surface area contributed by atoms with Crippen molar-refractivity contribution in [2.24, 2.45) is 0 Å². The Kier molecular flexibility index (Phi) is 46.7. The number of amides is 1. The van der Waals surface area contributed by atoms with Crippen LogP contribution in [0.15, 0.2) is 85.1 Å². The molecule has 0 aromatic carbocycles. The Bertz CT molecular complexity index is 1200. The van der Waals surface area contributed by atoms with E-state index in [0.29, 0.717) is 19.3 Å². The van der Waals surface area contributed by atoms with Crippen LogP contribution in [0.25, 0.3) is 0 Å². The summed E-state index contributed by atoms with van der Waals surface area (Å²) in [6, 6.07) is -0.728. The Morgan fingerprint density at radius 2 is 0.903 bits per heavy atom. The van der Waals surface area contributed by atoms with Gasteiger partial charge in [-0.2, -0.15) is 0 Å². The number of carbonyl (C=O) groups excluding carboxylic acids is 2. The molecular weight excluding hydrogens is 767 g/mol. The first-order valence-corrected chi connectivity index (χ1v) is 25.9. The van der Waals surface area contributed by atoms with Gasteiger partial charge in [-0.15, -0.1) is 0 Å². The van der Waals surface area contributed by atoms with Crippen molar-refractivity contribution in [2.75, 3.05) is 6.61 Å². The number of aliphatic hydroxyl groups is 2. The lowest BCUT2D eigenvalue weighted by Gasteiger charge is -2.24. The van der Waals surface area contributed by atoms with Crippen LogP contribution in [0.1, 0.15) is 233 Å². The minimum absolute atomic E-state index is 0.0223. The van der Waals surface area contributed by atoms with Gasteiger partial charge >= 0.3 is 5.97 Å². The minimum Gasteiger partial charge on any atom is -0.462 e. The van der Waals surface area contributed by atoms with Gasteiger partial charge < -0.3 is 20.3 Å². The first kappa shape index (κ1) is 59.0. The summed E-state index contributed by atoms with van der Waals surface area (Å²) in [6.07, 6.45) is 63.7. The maximum atomic E-state index is 13.2. The van der Waals surface area contributed by atoms with Crippen molar-refractivity contribution in [3.8, 4) is 0 Å². The van der Waals surface area contributed by atoms with Crippen molar-refractivity contribution >= 4 is 11.9 Å². The third kappa shape index (κ3) is 43.7. The molecule has 0 aliphatic carbocycles. The summed E-state index contributed by atoms with van der Waals surface area (Å²) in [7, 11) is 0. The molecule has 0 heterocycles. The maximum absolute atomic E-state index is 13.2. The molecule has 356 valence electrons. The number of esters is 1. The largest absolute Gasteiger partial charge is 0.462 e. The van der Waals surface area contributed by atoms with Gasteiger partial charge in [-0.1, -0.05) is 241 Å². The average Bonchev–Trinajstić information content (AvgIpc) is 3.26. The summed E-state index contributed by atoms with van der Waals surface area (Å²) in [5, 5.41) is 23.6. The lowest BCUT2D eigenvalue weighted by atomic mass is 10.0. The number of unbranched alkanes of at least 4 members (excludes halogenated alkanes) is 24. The van der Waals surface area contributed by atoms with Crippen molar-refractivity contribution in [3.63, 3.8) is 0 Å². The summed E-state index contributed by atoms with van der Waals surface area (Å²) in [6.45, 7) is 6.29. The van der Waals surface area contributed by atoms with E-state index in [0.717, 1.165) is 57.8 Å². The number of nitrogens with one attached hydrogen (secondary N) is 1. The van der Waals surface area contributed by atoms with Crippen LogP contribution in [0, 0.1) is 0 Å². The molecule has 1 amide bonds. The summed E-state index contributed by atoms with van der Waals surface area (Å²) in [5.41, 5.74) is 0. The number of hydrogen-bond donors (Lipinski definition) is 3. The van der Waals surface area contributed by atoms with Crippen LogP contribution < -0.4 is 5.32 Å². The van der Waals surface area contributed by atoms with Gasteiger partial charge in [0.1, 0.15) is 6.10 Å². The van der Waals surface area contributed by atoms with Crippen LogP contribution in [0.2, 0.25) is 0 Å². The number of carbonyl (C=O) groups is 2. The van der Waals surface area contributed by atoms with Gasteiger partial charge in [0.15, 0.2) is 0 Å². The second-order valence-corrected chi connectivity index (χ2v) is 17.3. The smallest absolute Gasteiger partial charge is 0.306 e. The molecular formula is C56H97NO5. The third-order valence-electron chi connectivity index (χ3n) is 11.4. The predicted octanol–water partition coefficient (Wildman–Crippen LogP) is 15.6. The molecule has 3 N–H and O–H groups in total. The predicted molar refractivity (Wildman–Crippen MR) is 268 cm³/mol. The van der Waals surface area contributed by atoms with Gasteiger partial charge in [0, 0.05) is 6.42 Å². The SMILES string of the molecule is CC\C=C/C=C/C=C/C=C\C=C\C=C\CCCC(CC(=O)NC(CO)C(O)CCCCCCCCCCC)OC(=O)CCCCCCCCCCC/C=C/CCCCCCCC. The Morgan fingerprint density at radius 1 is 0.484 bits per heavy atom. The van der Waals surface area contributed by atoms with Gasteiger partial charge in [-0.25, -0.2) is 0 Å². The second kappa shape index (κ2) is 49.1. The van der Waals surface area contributed by atoms with Crippen molar-refractivity contribution < 1.29 is 24.5 Å². The molecule has 0 aromatic heterocycles. The standard InChI is InChI=1S/C56H97NO5/c1-4-7-10-13-16-19-21-23-25-26-27-28-30-32-34-37-40-43-46-49-56(61)62-52(47-44-41-38-36-33-31-29-24-22-20-17-14-11-8-5-2)50-55(60)57-53(51-58)54(59)48-45-42-39-35-18-15-12-9-6-3/h8,11,14,17,20,22-25,29,31,33,36,38,52-54,58-59H,4-7,9-10,12-13,15-16,18-19,21,26-28,30,32,34-35,37,39-51H2,1-3H3,(H,57,60)/b11-8-,17-14+,22-20+,25-23+,29-24-,33-31+,38-36+. The number of aliphatic hydroxyl groups excluding tert-OH is 2. The topological polar surface area (TPSA) is 95.9 Å². The van der Waals surface area contributed by atoms with Gasteiger partial charge in [-0.05, 0) is 64.2 Å². The Hall–Kier alpha value is -2.96. The fourth-order valence-corrected chi connectivity index (χ4v) is 7.46. The highest BCUT2D eigenvalue weighted by Crippen LogP contribution is 2.17. The van der Waals surface area contributed by atoms with Crippen molar-refractivity contribution in [2.45, 2.75) is 251 Å². The van der Waals surface area contributed by atoms with Crippen LogP contribution in [-0.2, 0) is 14.3 Å². The van der Waals surface area contributed by atoms with E-state index in [2.05, 4.69) is 50.4 Å². The molecule has 0 fully saturated rings. The average molecular weight is 864 g/mol. The van der Waals surface area contributed by atoms with Crippen LogP contribution in [0.3, 0.4) is 0 Å². The van der Waals surface area contributed by atoms with E-state index >= 15 is 0 Å². The third-order valence-corrected chi connectivity index (χ3v) is 11.4. The Morgan fingerprint density at radius 3 is 1.39 bits per heavy atom. The molecule has 0 aliphatic heterocycles. The molecule has 0 rings (SSSR count).